The van der Waals surface area contributed by atoms with Crippen LogP contribution in [0.4, 0.5) is 0 Å². The monoisotopic (exact) mass is 451 g/mol. The third-order valence-electron chi connectivity index (χ3n) is 4.92. The van der Waals surface area contributed by atoms with Gasteiger partial charge in [0.05, 0.1) is 24.2 Å². The topological polar surface area (TPSA) is 87.7 Å². The van der Waals surface area contributed by atoms with Crippen LogP contribution in [0.25, 0.3) is 0 Å². The van der Waals surface area contributed by atoms with Gasteiger partial charge in [-0.3, -0.25) is 9.69 Å². The molecular weight excluding hydrogens is 426 g/mol. The molecule has 3 rings (SSSR count). The van der Waals surface area contributed by atoms with Gasteiger partial charge in [-0.1, -0.05) is 35.9 Å². The fraction of sp³-hybridized carbons (Fsp3) is 0.381. The van der Waals surface area contributed by atoms with Gasteiger partial charge >= 0.3 is 0 Å². The number of sulfonamides is 1. The van der Waals surface area contributed by atoms with Gasteiger partial charge in [0.2, 0.25) is 15.9 Å². The highest BCUT2D eigenvalue weighted by atomic mass is 35.5. The summed E-state index contributed by atoms with van der Waals surface area (Å²) in [6.07, 6.45) is 0. The highest BCUT2D eigenvalue weighted by Gasteiger charge is 2.22. The van der Waals surface area contributed by atoms with Crippen molar-refractivity contribution < 1.29 is 17.9 Å². The lowest BCUT2D eigenvalue weighted by atomic mass is 10.1. The Bertz CT molecular complexity index is 960. The molecule has 2 N–H and O–H groups in total. The Balaban J connectivity index is 1.58. The maximum Gasteiger partial charge on any atom is 0.241 e. The van der Waals surface area contributed by atoms with Crippen LogP contribution in [0, 0.1) is 0 Å². The average molecular weight is 452 g/mol. The Morgan fingerprint density at radius 2 is 1.73 bits per heavy atom. The second kappa shape index (κ2) is 10.4. The van der Waals surface area contributed by atoms with Crippen molar-refractivity contribution in [3.63, 3.8) is 0 Å². The zero-order valence-electron chi connectivity index (χ0n) is 16.8. The van der Waals surface area contributed by atoms with Crippen molar-refractivity contribution in [3.8, 4) is 0 Å². The van der Waals surface area contributed by atoms with E-state index in [0.29, 0.717) is 11.6 Å². The number of carbonyl (C=O) groups excluding carboxylic acids is 1. The standard InChI is InChI=1S/C21H26ClN3O4S/c1-16(24-30(27,28)20-8-6-19(22)7-9-20)21(26)23-14-17-4-2-3-5-18(17)15-25-10-12-29-13-11-25/h2-9,16,24H,10-15H2,1H3,(H,23,26)/t16-/m0/s1. The van der Waals surface area contributed by atoms with Gasteiger partial charge in [0.1, 0.15) is 0 Å². The molecule has 162 valence electrons. The van der Waals surface area contributed by atoms with Gasteiger partial charge in [-0.15, -0.1) is 0 Å². The molecule has 1 aliphatic rings. The smallest absolute Gasteiger partial charge is 0.241 e. The average Bonchev–Trinajstić information content (AvgIpc) is 2.73. The van der Waals surface area contributed by atoms with E-state index >= 15 is 0 Å². The molecule has 2 aromatic carbocycles. The molecule has 0 aliphatic carbocycles. The molecule has 0 saturated carbocycles. The summed E-state index contributed by atoms with van der Waals surface area (Å²) in [6.45, 7) is 5.84. The molecule has 0 unspecified atom stereocenters. The SMILES string of the molecule is C[C@H](NS(=O)(=O)c1ccc(Cl)cc1)C(=O)NCc1ccccc1CN1CCOCC1. The Morgan fingerprint density at radius 3 is 2.40 bits per heavy atom. The molecule has 7 nitrogen and oxygen atoms in total. The van der Waals surface area contributed by atoms with E-state index in [1.165, 1.54) is 31.2 Å². The minimum atomic E-state index is -3.82. The van der Waals surface area contributed by atoms with Crippen LogP contribution >= 0.6 is 11.6 Å². The van der Waals surface area contributed by atoms with E-state index in [1.54, 1.807) is 0 Å². The van der Waals surface area contributed by atoms with Gasteiger partial charge in [0, 0.05) is 31.2 Å². The third kappa shape index (κ3) is 6.26. The van der Waals surface area contributed by atoms with Crippen LogP contribution in [0.1, 0.15) is 18.1 Å². The van der Waals surface area contributed by atoms with Gasteiger partial charge in [-0.2, -0.15) is 4.72 Å². The predicted molar refractivity (Wildman–Crippen MR) is 116 cm³/mol. The summed E-state index contributed by atoms with van der Waals surface area (Å²) in [7, 11) is -3.82. The highest BCUT2D eigenvalue weighted by Crippen LogP contribution is 2.15. The third-order valence-corrected chi connectivity index (χ3v) is 6.73. The van der Waals surface area contributed by atoms with Crippen molar-refractivity contribution in [2.24, 2.45) is 0 Å². The fourth-order valence-corrected chi connectivity index (χ4v) is 4.52. The summed E-state index contributed by atoms with van der Waals surface area (Å²) < 4.78 is 32.7. The van der Waals surface area contributed by atoms with Crippen molar-refractivity contribution in [1.82, 2.24) is 14.9 Å². The Kier molecular flexibility index (Phi) is 7.85. The number of carbonyl (C=O) groups is 1. The lowest BCUT2D eigenvalue weighted by molar-refractivity contribution is -0.122. The second-order valence-corrected chi connectivity index (χ2v) is 9.32. The molecule has 30 heavy (non-hydrogen) atoms. The highest BCUT2D eigenvalue weighted by molar-refractivity contribution is 7.89. The fourth-order valence-electron chi connectivity index (χ4n) is 3.19. The number of halogens is 1. The number of hydrogen-bond donors (Lipinski definition) is 2. The van der Waals surface area contributed by atoms with Gasteiger partial charge in [0.15, 0.2) is 0 Å². The molecule has 1 saturated heterocycles. The van der Waals surface area contributed by atoms with E-state index in [2.05, 4.69) is 14.9 Å². The van der Waals surface area contributed by atoms with Crippen molar-refractivity contribution in [2.45, 2.75) is 31.0 Å². The summed E-state index contributed by atoms with van der Waals surface area (Å²) >= 11 is 5.80. The molecule has 9 heteroatoms. The van der Waals surface area contributed by atoms with E-state index in [-0.39, 0.29) is 4.90 Å². The Morgan fingerprint density at radius 1 is 1.10 bits per heavy atom. The van der Waals surface area contributed by atoms with Crippen molar-refractivity contribution in [2.75, 3.05) is 26.3 Å². The molecule has 1 amide bonds. The van der Waals surface area contributed by atoms with E-state index in [9.17, 15) is 13.2 Å². The number of rotatable bonds is 8. The first-order chi connectivity index (χ1) is 14.3. The lowest BCUT2D eigenvalue weighted by Crippen LogP contribution is -2.44. The summed E-state index contributed by atoms with van der Waals surface area (Å²) in [5, 5.41) is 3.27. The maximum absolute atomic E-state index is 12.5. The molecule has 1 atom stereocenters. The largest absolute Gasteiger partial charge is 0.379 e. The summed E-state index contributed by atoms with van der Waals surface area (Å²) in [4.78, 5) is 14.9. The van der Waals surface area contributed by atoms with Gasteiger partial charge in [0.25, 0.3) is 0 Å². The molecular formula is C21H26ClN3O4S. The number of nitrogens with one attached hydrogen (secondary N) is 2. The maximum atomic E-state index is 12.5. The Labute approximate surface area is 182 Å². The Hall–Kier alpha value is -1.97. The molecule has 1 aliphatic heterocycles. The van der Waals surface area contributed by atoms with E-state index in [4.69, 9.17) is 16.3 Å². The minimum absolute atomic E-state index is 0.0578. The summed E-state index contributed by atoms with van der Waals surface area (Å²) in [5.41, 5.74) is 2.14. The summed E-state index contributed by atoms with van der Waals surface area (Å²) in [6, 6.07) is 12.8. The molecule has 0 radical (unpaired) electrons. The van der Waals surface area contributed by atoms with E-state index in [1.807, 2.05) is 24.3 Å². The van der Waals surface area contributed by atoms with E-state index < -0.39 is 22.0 Å². The van der Waals surface area contributed by atoms with Crippen LogP contribution in [0.3, 0.4) is 0 Å². The van der Waals surface area contributed by atoms with Crippen molar-refractivity contribution >= 4 is 27.5 Å². The van der Waals surface area contributed by atoms with Crippen LogP contribution < -0.4 is 10.0 Å². The molecule has 0 spiro atoms. The first kappa shape index (κ1) is 22.7. The van der Waals surface area contributed by atoms with Crippen LogP contribution in [0.5, 0.6) is 0 Å². The number of nitrogens with zero attached hydrogens (tertiary/aromatic N) is 1. The first-order valence-corrected chi connectivity index (χ1v) is 11.6. The molecule has 2 aromatic rings. The predicted octanol–water partition coefficient (Wildman–Crippen LogP) is 2.16. The molecule has 0 bridgehead atoms. The van der Waals surface area contributed by atoms with Crippen molar-refractivity contribution in [3.05, 3.63) is 64.7 Å². The number of amides is 1. The van der Waals surface area contributed by atoms with Gasteiger partial charge in [-0.05, 0) is 42.3 Å². The van der Waals surface area contributed by atoms with Crippen LogP contribution in [0.15, 0.2) is 53.4 Å². The van der Waals surface area contributed by atoms with Gasteiger partial charge in [-0.25, -0.2) is 8.42 Å². The van der Waals surface area contributed by atoms with Crippen LogP contribution in [0.2, 0.25) is 5.02 Å². The number of morpholine rings is 1. The number of hydrogen-bond acceptors (Lipinski definition) is 5. The molecule has 1 fully saturated rings. The van der Waals surface area contributed by atoms with Gasteiger partial charge < -0.3 is 10.1 Å². The normalized spacial score (nSPS) is 16.2. The molecule has 1 heterocycles. The van der Waals surface area contributed by atoms with Crippen LogP contribution in [-0.2, 0) is 32.6 Å². The number of ether oxygens (including phenoxy) is 1. The molecule has 0 aromatic heterocycles. The zero-order chi connectivity index (χ0) is 21.6. The first-order valence-electron chi connectivity index (χ1n) is 9.77. The second-order valence-electron chi connectivity index (χ2n) is 7.17. The quantitative estimate of drug-likeness (QED) is 0.642. The van der Waals surface area contributed by atoms with Crippen LogP contribution in [-0.4, -0.2) is 51.6 Å². The zero-order valence-corrected chi connectivity index (χ0v) is 18.4. The summed E-state index contributed by atoms with van der Waals surface area (Å²) in [5.74, 6) is -0.395. The number of benzene rings is 2. The van der Waals surface area contributed by atoms with E-state index in [0.717, 1.165) is 44.0 Å². The van der Waals surface area contributed by atoms with Crippen molar-refractivity contribution in [1.29, 1.82) is 0 Å². The minimum Gasteiger partial charge on any atom is -0.379 e. The lowest BCUT2D eigenvalue weighted by Gasteiger charge is -2.27.